The number of sulfonamides is 1. The van der Waals surface area contributed by atoms with E-state index in [2.05, 4.69) is 9.82 Å². The summed E-state index contributed by atoms with van der Waals surface area (Å²) in [5.41, 5.74) is 0.223. The molecule has 7 heteroatoms. The van der Waals surface area contributed by atoms with Crippen LogP contribution in [0.4, 0.5) is 5.82 Å². The van der Waals surface area contributed by atoms with Crippen LogP contribution in [0.3, 0.4) is 0 Å². The highest BCUT2D eigenvalue weighted by Gasteiger charge is 2.16. The monoisotopic (exact) mass is 256 g/mol. The molecule has 0 amide bonds. The van der Waals surface area contributed by atoms with Gasteiger partial charge in [0.25, 0.3) is 0 Å². The highest BCUT2D eigenvalue weighted by atomic mass is 32.2. The quantitative estimate of drug-likeness (QED) is 0.853. The Morgan fingerprint density at radius 1 is 1.59 bits per heavy atom. The molecule has 0 unspecified atom stereocenters. The van der Waals surface area contributed by atoms with Gasteiger partial charge >= 0.3 is 0 Å². The van der Waals surface area contributed by atoms with Gasteiger partial charge in [-0.05, 0) is 12.3 Å². The lowest BCUT2D eigenvalue weighted by Crippen LogP contribution is -2.20. The summed E-state index contributed by atoms with van der Waals surface area (Å²) in [6, 6.07) is 1.89. The number of nitrogens with zero attached hydrogens (tertiary/aromatic N) is 3. The molecule has 1 heterocycles. The minimum Gasteiger partial charge on any atom is -0.266 e. The Hall–Kier alpha value is -1.55. The smallest absolute Gasteiger partial charge is 0.233 e. The van der Waals surface area contributed by atoms with E-state index >= 15 is 0 Å². The second-order valence-corrected chi connectivity index (χ2v) is 6.09. The van der Waals surface area contributed by atoms with Crippen molar-refractivity contribution in [1.29, 1.82) is 5.26 Å². The van der Waals surface area contributed by atoms with Crippen LogP contribution in [-0.4, -0.2) is 24.0 Å². The summed E-state index contributed by atoms with van der Waals surface area (Å²) in [5, 5.41) is 12.6. The Morgan fingerprint density at radius 3 is 2.76 bits per heavy atom. The van der Waals surface area contributed by atoms with Crippen LogP contribution in [0.15, 0.2) is 6.20 Å². The molecule has 0 fully saturated rings. The molecule has 0 aromatic carbocycles. The van der Waals surface area contributed by atoms with Crippen molar-refractivity contribution >= 4 is 15.8 Å². The lowest BCUT2D eigenvalue weighted by Gasteiger charge is -2.09. The maximum absolute atomic E-state index is 11.8. The first-order valence-corrected chi connectivity index (χ1v) is 6.93. The van der Waals surface area contributed by atoms with Crippen LogP contribution in [0.1, 0.15) is 25.8 Å². The number of nitriles is 1. The Bertz CT molecular complexity index is 525. The van der Waals surface area contributed by atoms with E-state index in [9.17, 15) is 8.42 Å². The lowest BCUT2D eigenvalue weighted by atomic mass is 10.2. The van der Waals surface area contributed by atoms with Gasteiger partial charge in [-0.25, -0.2) is 8.42 Å². The van der Waals surface area contributed by atoms with Gasteiger partial charge in [0, 0.05) is 7.05 Å². The number of hydrogen-bond acceptors (Lipinski definition) is 4. The Labute approximate surface area is 101 Å². The SMILES string of the molecule is CC(C)CCS(=O)(=O)Nc1c(C#N)cnn1C. The van der Waals surface area contributed by atoms with E-state index in [0.29, 0.717) is 12.3 Å². The second-order valence-electron chi connectivity index (χ2n) is 4.25. The summed E-state index contributed by atoms with van der Waals surface area (Å²) in [4.78, 5) is 0. The summed E-state index contributed by atoms with van der Waals surface area (Å²) in [5.74, 6) is 0.575. The number of nitrogens with one attached hydrogen (secondary N) is 1. The molecular weight excluding hydrogens is 240 g/mol. The van der Waals surface area contributed by atoms with Crippen molar-refractivity contribution in [3.8, 4) is 6.07 Å². The van der Waals surface area contributed by atoms with E-state index in [4.69, 9.17) is 5.26 Å². The van der Waals surface area contributed by atoms with Crippen LogP contribution in [0, 0.1) is 17.2 Å². The van der Waals surface area contributed by atoms with E-state index in [1.807, 2.05) is 19.9 Å². The average molecular weight is 256 g/mol. The normalized spacial score (nSPS) is 11.5. The molecule has 17 heavy (non-hydrogen) atoms. The van der Waals surface area contributed by atoms with Gasteiger partial charge in [0.2, 0.25) is 10.0 Å². The fraction of sp³-hybridized carbons (Fsp3) is 0.600. The molecule has 1 aromatic heterocycles. The van der Waals surface area contributed by atoms with Gasteiger partial charge in [0.15, 0.2) is 5.82 Å². The first-order chi connectivity index (χ1) is 7.85. The standard InChI is InChI=1S/C10H16N4O2S/c1-8(2)4-5-17(15,16)13-10-9(6-11)7-12-14(10)3/h7-8,13H,4-5H2,1-3H3. The third-order valence-corrected chi connectivity index (χ3v) is 3.55. The molecule has 0 atom stereocenters. The largest absolute Gasteiger partial charge is 0.266 e. The van der Waals surface area contributed by atoms with E-state index in [1.54, 1.807) is 7.05 Å². The van der Waals surface area contributed by atoms with Crippen LogP contribution >= 0.6 is 0 Å². The number of aryl methyl sites for hydroxylation is 1. The van der Waals surface area contributed by atoms with E-state index in [-0.39, 0.29) is 17.1 Å². The summed E-state index contributed by atoms with van der Waals surface area (Å²) >= 11 is 0. The van der Waals surface area contributed by atoms with Crippen molar-refractivity contribution in [2.24, 2.45) is 13.0 Å². The van der Waals surface area contributed by atoms with Crippen LogP contribution < -0.4 is 4.72 Å². The molecule has 1 aromatic rings. The van der Waals surface area contributed by atoms with Crippen LogP contribution in [0.25, 0.3) is 0 Å². The topological polar surface area (TPSA) is 87.8 Å². The second kappa shape index (κ2) is 5.19. The molecule has 0 bridgehead atoms. The number of aromatic nitrogens is 2. The van der Waals surface area contributed by atoms with Gasteiger partial charge in [-0.1, -0.05) is 13.8 Å². The van der Waals surface area contributed by atoms with E-state index < -0.39 is 10.0 Å². The van der Waals surface area contributed by atoms with Gasteiger partial charge in [0.05, 0.1) is 11.9 Å². The van der Waals surface area contributed by atoms with Crippen molar-refractivity contribution < 1.29 is 8.42 Å². The predicted octanol–water partition coefficient (Wildman–Crippen LogP) is 1.08. The van der Waals surface area contributed by atoms with E-state index in [0.717, 1.165) is 0 Å². The van der Waals surface area contributed by atoms with Crippen LogP contribution in [-0.2, 0) is 17.1 Å². The van der Waals surface area contributed by atoms with E-state index in [1.165, 1.54) is 10.9 Å². The molecule has 0 spiro atoms. The summed E-state index contributed by atoms with van der Waals surface area (Å²) < 4.78 is 27.3. The first kappa shape index (κ1) is 13.5. The molecule has 0 radical (unpaired) electrons. The molecule has 6 nitrogen and oxygen atoms in total. The number of anilines is 1. The third kappa shape index (κ3) is 3.75. The summed E-state index contributed by atoms with van der Waals surface area (Å²) in [6.07, 6.45) is 1.91. The molecule has 0 aliphatic rings. The van der Waals surface area contributed by atoms with Gasteiger partial charge in [-0.15, -0.1) is 0 Å². The Kier molecular flexibility index (Phi) is 4.12. The lowest BCUT2D eigenvalue weighted by molar-refractivity contribution is 0.577. The molecule has 94 valence electrons. The number of hydrogen-bond donors (Lipinski definition) is 1. The van der Waals surface area contributed by atoms with Crippen molar-refractivity contribution in [2.75, 3.05) is 10.5 Å². The summed E-state index contributed by atoms with van der Waals surface area (Å²) in [6.45, 7) is 3.92. The highest BCUT2D eigenvalue weighted by Crippen LogP contribution is 2.15. The zero-order valence-corrected chi connectivity index (χ0v) is 11.0. The molecule has 0 aliphatic heterocycles. The van der Waals surface area contributed by atoms with Crippen LogP contribution in [0.5, 0.6) is 0 Å². The maximum atomic E-state index is 11.8. The zero-order chi connectivity index (χ0) is 13.1. The molecule has 0 aliphatic carbocycles. The van der Waals surface area contributed by atoms with Crippen molar-refractivity contribution in [2.45, 2.75) is 20.3 Å². The minimum atomic E-state index is -3.42. The van der Waals surface area contributed by atoms with Gasteiger partial charge in [-0.3, -0.25) is 9.40 Å². The fourth-order valence-corrected chi connectivity index (χ4v) is 2.65. The molecule has 1 N–H and O–H groups in total. The van der Waals surface area contributed by atoms with Gasteiger partial charge < -0.3 is 0 Å². The van der Waals surface area contributed by atoms with Crippen molar-refractivity contribution in [3.63, 3.8) is 0 Å². The molecular formula is C10H16N4O2S. The predicted molar refractivity (Wildman–Crippen MR) is 64.8 cm³/mol. The first-order valence-electron chi connectivity index (χ1n) is 5.28. The minimum absolute atomic E-state index is 0.0424. The zero-order valence-electron chi connectivity index (χ0n) is 10.1. The average Bonchev–Trinajstić information content (AvgIpc) is 2.57. The van der Waals surface area contributed by atoms with Crippen molar-refractivity contribution in [3.05, 3.63) is 11.8 Å². The fourth-order valence-electron chi connectivity index (χ4n) is 1.23. The molecule has 1 rings (SSSR count). The third-order valence-electron chi connectivity index (χ3n) is 2.28. The Morgan fingerprint density at radius 2 is 2.24 bits per heavy atom. The maximum Gasteiger partial charge on any atom is 0.233 e. The van der Waals surface area contributed by atoms with Gasteiger partial charge in [0.1, 0.15) is 11.6 Å². The summed E-state index contributed by atoms with van der Waals surface area (Å²) in [7, 11) is -1.83. The Balaban J connectivity index is 2.84. The number of rotatable bonds is 5. The van der Waals surface area contributed by atoms with Gasteiger partial charge in [-0.2, -0.15) is 10.4 Å². The van der Waals surface area contributed by atoms with Crippen LogP contribution in [0.2, 0.25) is 0 Å². The molecule has 0 saturated heterocycles. The van der Waals surface area contributed by atoms with Crippen molar-refractivity contribution in [1.82, 2.24) is 9.78 Å². The highest BCUT2D eigenvalue weighted by molar-refractivity contribution is 7.92. The molecule has 0 saturated carbocycles.